The average Bonchev–Trinajstić information content (AvgIpc) is 2.55. The van der Waals surface area contributed by atoms with Gasteiger partial charge in [0.2, 0.25) is 5.88 Å². The maximum atomic E-state index is 6.02. The Hall–Kier alpha value is -1.61. The average molecular weight is 286 g/mol. The van der Waals surface area contributed by atoms with Crippen molar-refractivity contribution in [3.05, 3.63) is 36.0 Å². The van der Waals surface area contributed by atoms with Crippen LogP contribution in [0.5, 0.6) is 5.88 Å². The molecule has 2 aromatic rings. The third kappa shape index (κ3) is 3.94. The fourth-order valence-corrected chi connectivity index (χ4v) is 2.60. The summed E-state index contributed by atoms with van der Waals surface area (Å²) in [5.41, 5.74) is 6.85. The molecule has 3 nitrogen and oxygen atoms in total. The molecule has 0 saturated heterocycles. The van der Waals surface area contributed by atoms with Crippen LogP contribution in [0, 0.1) is 5.92 Å². The van der Waals surface area contributed by atoms with Gasteiger partial charge < -0.3 is 10.5 Å². The molecule has 1 aromatic carbocycles. The van der Waals surface area contributed by atoms with Gasteiger partial charge >= 0.3 is 0 Å². The fraction of sp³-hybridized carbons (Fsp3) is 0.500. The number of ether oxygens (including phenoxy) is 1. The Morgan fingerprint density at radius 2 is 1.95 bits per heavy atom. The summed E-state index contributed by atoms with van der Waals surface area (Å²) < 4.78 is 6.02. The van der Waals surface area contributed by atoms with Gasteiger partial charge in [-0.25, -0.2) is 4.98 Å². The first-order chi connectivity index (χ1) is 10.3. The fourth-order valence-electron chi connectivity index (χ4n) is 2.60. The standard InChI is InChI=1S/C18H26N2O/c1-3-5-8-14(4-2)13-21-18-17-10-7-6-9-16(17)15(11-19)12-20-18/h6-7,9-10,12,14H,3-5,8,11,13,19H2,1-2H3. The van der Waals surface area contributed by atoms with Crippen molar-refractivity contribution in [1.82, 2.24) is 4.98 Å². The summed E-state index contributed by atoms with van der Waals surface area (Å²) in [7, 11) is 0. The molecule has 0 saturated carbocycles. The van der Waals surface area contributed by atoms with Gasteiger partial charge in [-0.3, -0.25) is 0 Å². The van der Waals surface area contributed by atoms with Gasteiger partial charge in [0.15, 0.2) is 0 Å². The van der Waals surface area contributed by atoms with Gasteiger partial charge in [0.05, 0.1) is 6.61 Å². The van der Waals surface area contributed by atoms with E-state index < -0.39 is 0 Å². The van der Waals surface area contributed by atoms with Crippen LogP contribution in [-0.4, -0.2) is 11.6 Å². The molecular weight excluding hydrogens is 260 g/mol. The zero-order valence-electron chi connectivity index (χ0n) is 13.1. The Balaban J connectivity index is 2.15. The van der Waals surface area contributed by atoms with Gasteiger partial charge in [0, 0.05) is 18.1 Å². The molecule has 2 rings (SSSR count). The minimum atomic E-state index is 0.502. The summed E-state index contributed by atoms with van der Waals surface area (Å²) in [6, 6.07) is 8.19. The molecule has 0 aliphatic rings. The van der Waals surface area contributed by atoms with E-state index in [1.807, 2.05) is 18.3 Å². The molecule has 1 unspecified atom stereocenters. The van der Waals surface area contributed by atoms with Crippen molar-refractivity contribution in [3.63, 3.8) is 0 Å². The lowest BCUT2D eigenvalue weighted by Crippen LogP contribution is -2.12. The monoisotopic (exact) mass is 286 g/mol. The van der Waals surface area contributed by atoms with Gasteiger partial charge in [-0.1, -0.05) is 51.3 Å². The molecule has 0 aliphatic carbocycles. The molecule has 1 aromatic heterocycles. The summed E-state index contributed by atoms with van der Waals surface area (Å²) in [4.78, 5) is 4.46. The number of nitrogens with zero attached hydrogens (tertiary/aromatic N) is 1. The molecule has 21 heavy (non-hydrogen) atoms. The summed E-state index contributed by atoms with van der Waals surface area (Å²) >= 11 is 0. The van der Waals surface area contributed by atoms with E-state index in [4.69, 9.17) is 10.5 Å². The number of fused-ring (bicyclic) bond motifs is 1. The number of rotatable bonds is 8. The molecule has 0 spiro atoms. The van der Waals surface area contributed by atoms with Crippen molar-refractivity contribution >= 4 is 10.8 Å². The number of pyridine rings is 1. The maximum absolute atomic E-state index is 6.02. The first-order valence-electron chi connectivity index (χ1n) is 7.99. The molecular formula is C18H26N2O. The SMILES string of the molecule is CCCCC(CC)COc1ncc(CN)c2ccccc12. The predicted octanol–water partition coefficient (Wildman–Crippen LogP) is 4.29. The highest BCUT2D eigenvalue weighted by Crippen LogP contribution is 2.26. The molecule has 0 amide bonds. The molecule has 0 fully saturated rings. The lowest BCUT2D eigenvalue weighted by molar-refractivity contribution is 0.228. The van der Waals surface area contributed by atoms with Crippen molar-refractivity contribution in [2.24, 2.45) is 11.7 Å². The van der Waals surface area contributed by atoms with Crippen molar-refractivity contribution < 1.29 is 4.74 Å². The predicted molar refractivity (Wildman–Crippen MR) is 88.4 cm³/mol. The third-order valence-corrected chi connectivity index (χ3v) is 4.06. The molecule has 2 N–H and O–H groups in total. The summed E-state index contributed by atoms with van der Waals surface area (Å²) in [5, 5.41) is 2.21. The molecule has 1 heterocycles. The first kappa shape index (κ1) is 15.8. The van der Waals surface area contributed by atoms with Crippen LogP contribution in [0.2, 0.25) is 0 Å². The highest BCUT2D eigenvalue weighted by molar-refractivity contribution is 5.89. The van der Waals surface area contributed by atoms with Gasteiger partial charge in [0.1, 0.15) is 0 Å². The Kier molecular flexibility index (Phi) is 6.00. The summed E-state index contributed by atoms with van der Waals surface area (Å²) in [6.07, 6.45) is 6.72. The van der Waals surface area contributed by atoms with Crippen LogP contribution in [-0.2, 0) is 6.54 Å². The van der Waals surface area contributed by atoms with Crippen LogP contribution in [0.3, 0.4) is 0 Å². The van der Waals surface area contributed by atoms with E-state index in [1.54, 1.807) is 0 Å². The molecule has 114 valence electrons. The van der Waals surface area contributed by atoms with Crippen molar-refractivity contribution in [2.45, 2.75) is 46.1 Å². The van der Waals surface area contributed by atoms with E-state index in [2.05, 4.69) is 31.0 Å². The molecule has 1 atom stereocenters. The van der Waals surface area contributed by atoms with Crippen molar-refractivity contribution in [1.29, 1.82) is 0 Å². The van der Waals surface area contributed by atoms with Gasteiger partial charge in [-0.2, -0.15) is 0 Å². The smallest absolute Gasteiger partial charge is 0.221 e. The van der Waals surface area contributed by atoms with Crippen LogP contribution in [0.15, 0.2) is 30.5 Å². The van der Waals surface area contributed by atoms with Crippen molar-refractivity contribution in [3.8, 4) is 5.88 Å². The summed E-state index contributed by atoms with van der Waals surface area (Å²) in [5.74, 6) is 1.34. The van der Waals surface area contributed by atoms with Crippen LogP contribution in [0.4, 0.5) is 0 Å². The van der Waals surface area contributed by atoms with E-state index in [0.717, 1.165) is 35.2 Å². The van der Waals surface area contributed by atoms with Gasteiger partial charge in [0.25, 0.3) is 0 Å². The third-order valence-electron chi connectivity index (χ3n) is 4.06. The normalized spacial score (nSPS) is 12.5. The van der Waals surface area contributed by atoms with Crippen LogP contribution >= 0.6 is 0 Å². The Morgan fingerprint density at radius 3 is 2.62 bits per heavy atom. The number of nitrogens with two attached hydrogens (primary N) is 1. The topological polar surface area (TPSA) is 48.1 Å². The highest BCUT2D eigenvalue weighted by Gasteiger charge is 2.11. The summed E-state index contributed by atoms with van der Waals surface area (Å²) in [6.45, 7) is 5.71. The minimum absolute atomic E-state index is 0.502. The largest absolute Gasteiger partial charge is 0.477 e. The Morgan fingerprint density at radius 1 is 1.19 bits per heavy atom. The van der Waals surface area contributed by atoms with Crippen LogP contribution in [0.25, 0.3) is 10.8 Å². The second kappa shape index (κ2) is 7.99. The van der Waals surface area contributed by atoms with Crippen LogP contribution in [0.1, 0.15) is 45.1 Å². The first-order valence-corrected chi connectivity index (χ1v) is 7.99. The Labute approximate surface area is 127 Å². The molecule has 0 radical (unpaired) electrons. The zero-order chi connectivity index (χ0) is 15.1. The second-order valence-corrected chi connectivity index (χ2v) is 5.57. The van der Waals surface area contributed by atoms with E-state index in [-0.39, 0.29) is 0 Å². The molecule has 0 aliphatic heterocycles. The number of aromatic nitrogens is 1. The molecule has 3 heteroatoms. The number of benzene rings is 1. The van der Waals surface area contributed by atoms with E-state index in [1.165, 1.54) is 19.3 Å². The van der Waals surface area contributed by atoms with E-state index in [0.29, 0.717) is 12.5 Å². The maximum Gasteiger partial charge on any atom is 0.221 e. The number of hydrogen-bond donors (Lipinski definition) is 1. The van der Waals surface area contributed by atoms with Gasteiger partial charge in [-0.15, -0.1) is 0 Å². The van der Waals surface area contributed by atoms with E-state index in [9.17, 15) is 0 Å². The van der Waals surface area contributed by atoms with Crippen LogP contribution < -0.4 is 10.5 Å². The van der Waals surface area contributed by atoms with Gasteiger partial charge in [-0.05, 0) is 29.4 Å². The van der Waals surface area contributed by atoms with E-state index >= 15 is 0 Å². The second-order valence-electron chi connectivity index (χ2n) is 5.57. The highest BCUT2D eigenvalue weighted by atomic mass is 16.5. The Bertz CT molecular complexity index is 568. The molecule has 0 bridgehead atoms. The zero-order valence-corrected chi connectivity index (χ0v) is 13.1. The lowest BCUT2D eigenvalue weighted by Gasteiger charge is -2.16. The lowest BCUT2D eigenvalue weighted by atomic mass is 10.0. The number of unbranched alkanes of at least 4 members (excludes halogenated alkanes) is 1. The quantitative estimate of drug-likeness (QED) is 0.787. The van der Waals surface area contributed by atoms with Crippen molar-refractivity contribution in [2.75, 3.05) is 6.61 Å². The minimum Gasteiger partial charge on any atom is -0.477 e. The number of hydrogen-bond acceptors (Lipinski definition) is 3.